The quantitative estimate of drug-likeness (QED) is 0.603. The number of Topliss-reactive ketones (excluding diaryl/α,β-unsaturated/α-hetero) is 1. The molecule has 0 radical (unpaired) electrons. The van der Waals surface area contributed by atoms with Crippen molar-refractivity contribution in [1.29, 1.82) is 0 Å². The molecule has 0 amide bonds. The Labute approximate surface area is 79.0 Å². The van der Waals surface area contributed by atoms with Crippen LogP contribution in [0.2, 0.25) is 0 Å². The van der Waals surface area contributed by atoms with E-state index in [1.807, 2.05) is 0 Å². The highest BCUT2D eigenvalue weighted by atomic mass is 79.9. The van der Waals surface area contributed by atoms with Crippen LogP contribution in [0.5, 0.6) is 0 Å². The highest BCUT2D eigenvalue weighted by Gasteiger charge is 2.35. The lowest BCUT2D eigenvalue weighted by Gasteiger charge is -1.97. The highest BCUT2D eigenvalue weighted by Crippen LogP contribution is 2.28. The normalized spacial score (nSPS) is 11.7. The average Bonchev–Trinajstić information content (AvgIpc) is 2.50. The van der Waals surface area contributed by atoms with E-state index in [0.717, 1.165) is 0 Å². The number of rotatable bonds is 2. The van der Waals surface area contributed by atoms with Crippen molar-refractivity contribution in [2.75, 3.05) is 5.33 Å². The molecule has 0 aliphatic carbocycles. The summed E-state index contributed by atoms with van der Waals surface area (Å²) < 4.78 is 40.0. The van der Waals surface area contributed by atoms with Crippen LogP contribution in [0.4, 0.5) is 13.2 Å². The molecule has 0 spiro atoms. The first-order valence-corrected chi connectivity index (χ1v) is 4.20. The van der Waals surface area contributed by atoms with Crippen molar-refractivity contribution in [3.63, 3.8) is 0 Å². The van der Waals surface area contributed by atoms with Gasteiger partial charge in [-0.25, -0.2) is 0 Å². The van der Waals surface area contributed by atoms with Crippen molar-refractivity contribution >= 4 is 21.7 Å². The molecule has 0 unspecified atom stereocenters. The lowest BCUT2D eigenvalue weighted by molar-refractivity contribution is -0.142. The van der Waals surface area contributed by atoms with Crippen molar-refractivity contribution in [3.05, 3.63) is 17.5 Å². The van der Waals surface area contributed by atoms with Crippen molar-refractivity contribution in [1.82, 2.24) is 5.16 Å². The molecule has 0 fully saturated rings. The second-order valence-corrected chi connectivity index (χ2v) is 2.69. The molecule has 0 bridgehead atoms. The lowest BCUT2D eigenvalue weighted by atomic mass is 10.3. The number of aromatic nitrogens is 1. The van der Waals surface area contributed by atoms with Crippen LogP contribution in [0.3, 0.4) is 0 Å². The average molecular weight is 258 g/mol. The summed E-state index contributed by atoms with van der Waals surface area (Å²) in [4.78, 5) is 10.8. The van der Waals surface area contributed by atoms with Gasteiger partial charge >= 0.3 is 6.18 Å². The third-order valence-corrected chi connectivity index (χ3v) is 1.71. The first kappa shape index (κ1) is 10.2. The SMILES string of the molecule is O=C(CBr)c1cc(C(F)(F)F)no1. The monoisotopic (exact) mass is 257 g/mol. The number of carbonyl (C=O) groups excluding carboxylic acids is 1. The fraction of sp³-hybridized carbons (Fsp3) is 0.333. The number of nitrogens with zero attached hydrogens (tertiary/aromatic N) is 1. The first-order chi connectivity index (χ1) is 5.95. The van der Waals surface area contributed by atoms with Crippen LogP contribution < -0.4 is 0 Å². The molecule has 3 nitrogen and oxygen atoms in total. The summed E-state index contributed by atoms with van der Waals surface area (Å²) in [6, 6.07) is 0.573. The van der Waals surface area contributed by atoms with Gasteiger partial charge in [-0.15, -0.1) is 0 Å². The van der Waals surface area contributed by atoms with E-state index in [2.05, 4.69) is 25.6 Å². The Morgan fingerprint density at radius 3 is 2.62 bits per heavy atom. The number of carbonyl (C=O) groups is 1. The van der Waals surface area contributed by atoms with Crippen LogP contribution in [0, 0.1) is 0 Å². The van der Waals surface area contributed by atoms with Crippen LogP contribution in [-0.2, 0) is 6.18 Å². The van der Waals surface area contributed by atoms with Crippen molar-refractivity contribution in [2.24, 2.45) is 0 Å². The van der Waals surface area contributed by atoms with E-state index < -0.39 is 23.4 Å². The third kappa shape index (κ3) is 2.30. The minimum absolute atomic E-state index is 0.0977. The van der Waals surface area contributed by atoms with Crippen molar-refractivity contribution < 1.29 is 22.5 Å². The van der Waals surface area contributed by atoms with E-state index in [1.54, 1.807) is 0 Å². The zero-order chi connectivity index (χ0) is 10.1. The molecule has 1 rings (SSSR count). The number of hydrogen-bond acceptors (Lipinski definition) is 3. The maximum Gasteiger partial charge on any atom is 0.436 e. The summed E-state index contributed by atoms with van der Waals surface area (Å²) in [5, 5.41) is 2.62. The zero-order valence-corrected chi connectivity index (χ0v) is 7.65. The Hall–Kier alpha value is -0.850. The van der Waals surface area contributed by atoms with Crippen LogP contribution >= 0.6 is 15.9 Å². The van der Waals surface area contributed by atoms with E-state index in [9.17, 15) is 18.0 Å². The topological polar surface area (TPSA) is 43.1 Å². The van der Waals surface area contributed by atoms with Gasteiger partial charge in [0.1, 0.15) is 0 Å². The molecule has 0 aliphatic heterocycles. The minimum atomic E-state index is -4.58. The number of halogens is 4. The Morgan fingerprint density at radius 2 is 2.23 bits per heavy atom. The number of hydrogen-bond donors (Lipinski definition) is 0. The van der Waals surface area contributed by atoms with Gasteiger partial charge < -0.3 is 4.52 Å². The van der Waals surface area contributed by atoms with Gasteiger partial charge in [-0.05, 0) is 0 Å². The molecule has 1 aromatic heterocycles. The maximum atomic E-state index is 11.9. The van der Waals surface area contributed by atoms with E-state index in [-0.39, 0.29) is 5.33 Å². The molecule has 1 heterocycles. The van der Waals surface area contributed by atoms with Gasteiger partial charge in [0.25, 0.3) is 0 Å². The highest BCUT2D eigenvalue weighted by molar-refractivity contribution is 9.09. The Kier molecular flexibility index (Phi) is 2.74. The molecule has 13 heavy (non-hydrogen) atoms. The standard InChI is InChI=1S/C6H3BrF3NO2/c7-2-3(12)4-1-5(11-13-4)6(8,9)10/h1H,2H2. The van der Waals surface area contributed by atoms with Crippen LogP contribution in [0.15, 0.2) is 10.6 Å². The molecule has 72 valence electrons. The molecule has 0 aromatic carbocycles. The second kappa shape index (κ2) is 3.49. The summed E-state index contributed by atoms with van der Waals surface area (Å²) in [6.07, 6.45) is -4.58. The van der Waals surface area contributed by atoms with Gasteiger partial charge in [0, 0.05) is 6.07 Å². The fourth-order valence-electron chi connectivity index (χ4n) is 0.606. The van der Waals surface area contributed by atoms with Gasteiger partial charge in [0.2, 0.25) is 11.5 Å². The summed E-state index contributed by atoms with van der Waals surface area (Å²) in [6.45, 7) is 0. The van der Waals surface area contributed by atoms with E-state index in [1.165, 1.54) is 0 Å². The molecular formula is C6H3BrF3NO2. The predicted octanol–water partition coefficient (Wildman–Crippen LogP) is 2.27. The van der Waals surface area contributed by atoms with Gasteiger partial charge in [0.15, 0.2) is 5.69 Å². The summed E-state index contributed by atoms with van der Waals surface area (Å²) in [5.41, 5.74) is -1.20. The van der Waals surface area contributed by atoms with Gasteiger partial charge in [-0.2, -0.15) is 13.2 Å². The van der Waals surface area contributed by atoms with Crippen molar-refractivity contribution in [2.45, 2.75) is 6.18 Å². The molecular weight excluding hydrogens is 255 g/mol. The molecule has 1 aromatic rings. The third-order valence-electron chi connectivity index (χ3n) is 1.20. The van der Waals surface area contributed by atoms with E-state index in [0.29, 0.717) is 6.07 Å². The fourth-order valence-corrected chi connectivity index (χ4v) is 0.882. The molecule has 0 saturated heterocycles. The lowest BCUT2D eigenvalue weighted by Crippen LogP contribution is -2.04. The first-order valence-electron chi connectivity index (χ1n) is 3.08. The van der Waals surface area contributed by atoms with Crippen molar-refractivity contribution in [3.8, 4) is 0 Å². The number of alkyl halides is 4. The van der Waals surface area contributed by atoms with Crippen LogP contribution in [-0.4, -0.2) is 16.3 Å². The van der Waals surface area contributed by atoms with E-state index in [4.69, 9.17) is 0 Å². The second-order valence-electron chi connectivity index (χ2n) is 2.13. The smallest absolute Gasteiger partial charge is 0.352 e. The van der Waals surface area contributed by atoms with Gasteiger partial charge in [-0.3, -0.25) is 4.79 Å². The molecule has 0 atom stereocenters. The largest absolute Gasteiger partial charge is 0.436 e. The van der Waals surface area contributed by atoms with Crippen LogP contribution in [0.25, 0.3) is 0 Å². The van der Waals surface area contributed by atoms with Gasteiger partial charge in [0.05, 0.1) is 5.33 Å². The Balaban J connectivity index is 2.93. The Morgan fingerprint density at radius 1 is 1.62 bits per heavy atom. The van der Waals surface area contributed by atoms with Crippen LogP contribution in [0.1, 0.15) is 16.2 Å². The molecule has 0 aliphatic rings. The number of ketones is 1. The Bertz CT molecular complexity index is 320. The summed E-state index contributed by atoms with van der Waals surface area (Å²) in [7, 11) is 0. The molecule has 7 heteroatoms. The predicted molar refractivity (Wildman–Crippen MR) is 39.6 cm³/mol. The zero-order valence-electron chi connectivity index (χ0n) is 6.06. The minimum Gasteiger partial charge on any atom is -0.352 e. The summed E-state index contributed by atoms with van der Waals surface area (Å²) in [5.74, 6) is -0.979. The van der Waals surface area contributed by atoms with Gasteiger partial charge in [-0.1, -0.05) is 21.1 Å². The van der Waals surface area contributed by atoms with E-state index >= 15 is 0 Å². The maximum absolute atomic E-state index is 11.9. The molecule has 0 saturated carbocycles. The summed E-state index contributed by atoms with van der Waals surface area (Å²) >= 11 is 2.79. The molecule has 0 N–H and O–H groups in total.